The number of primary amides is 1. The fourth-order valence-corrected chi connectivity index (χ4v) is 4.59. The number of nitrogens with zero attached hydrogens (tertiary/aromatic N) is 1. The molecular weight excluding hydrogens is 390 g/mol. The Hall–Kier alpha value is -2.26. The maximum absolute atomic E-state index is 12.8. The van der Waals surface area contributed by atoms with Gasteiger partial charge in [-0.1, -0.05) is 56.3 Å². The number of nitrogens with one attached hydrogen (secondary N) is 1. The van der Waals surface area contributed by atoms with Crippen molar-refractivity contribution >= 4 is 15.9 Å². The Labute approximate surface area is 172 Å². The maximum atomic E-state index is 12.8. The van der Waals surface area contributed by atoms with Gasteiger partial charge in [-0.2, -0.15) is 0 Å². The van der Waals surface area contributed by atoms with Crippen LogP contribution in [0.1, 0.15) is 25.0 Å². The van der Waals surface area contributed by atoms with Crippen molar-refractivity contribution in [3.05, 3.63) is 65.7 Å². The van der Waals surface area contributed by atoms with E-state index in [1.165, 1.54) is 24.3 Å². The molecule has 29 heavy (non-hydrogen) atoms. The number of sulfonamides is 1. The molecule has 1 amide bonds. The van der Waals surface area contributed by atoms with E-state index in [1.54, 1.807) is 30.3 Å². The third kappa shape index (κ3) is 5.42. The zero-order valence-corrected chi connectivity index (χ0v) is 18.0. The zero-order valence-electron chi connectivity index (χ0n) is 17.2. The Bertz CT molecular complexity index is 959. The van der Waals surface area contributed by atoms with Crippen molar-refractivity contribution in [2.24, 2.45) is 11.1 Å². The summed E-state index contributed by atoms with van der Waals surface area (Å²) in [6, 6.07) is 13.8. The Kier molecular flexibility index (Phi) is 6.85. The van der Waals surface area contributed by atoms with E-state index in [1.807, 2.05) is 32.8 Å². The average molecular weight is 420 g/mol. The van der Waals surface area contributed by atoms with Gasteiger partial charge in [0.2, 0.25) is 10.0 Å². The molecule has 2 rings (SSSR count). The molecule has 0 aromatic heterocycles. The summed E-state index contributed by atoms with van der Waals surface area (Å²) in [5, 5.41) is 11.1. The highest BCUT2D eigenvalue weighted by atomic mass is 32.2. The van der Waals surface area contributed by atoms with Crippen LogP contribution in [-0.2, 0) is 20.4 Å². The molecule has 0 saturated heterocycles. The van der Waals surface area contributed by atoms with Crippen molar-refractivity contribution in [2.45, 2.75) is 24.3 Å². The molecule has 0 aliphatic heterocycles. The molecule has 0 aliphatic carbocycles. The molecule has 0 saturated carbocycles. The number of hydrogen-bond donors (Lipinski definition) is 3. The van der Waals surface area contributed by atoms with E-state index in [0.29, 0.717) is 6.54 Å². The largest absolute Gasteiger partial charge is 0.372 e. The van der Waals surface area contributed by atoms with Crippen molar-refractivity contribution in [1.29, 1.82) is 0 Å². The number of amides is 1. The van der Waals surface area contributed by atoms with Gasteiger partial charge in [-0.25, -0.2) is 13.1 Å². The predicted molar refractivity (Wildman–Crippen MR) is 113 cm³/mol. The van der Waals surface area contributed by atoms with Crippen LogP contribution >= 0.6 is 0 Å². The summed E-state index contributed by atoms with van der Waals surface area (Å²) in [5.41, 5.74) is 3.43. The predicted octanol–water partition coefficient (Wildman–Crippen LogP) is 1.27. The van der Waals surface area contributed by atoms with E-state index < -0.39 is 21.5 Å². The second-order valence-corrected chi connectivity index (χ2v) is 9.96. The van der Waals surface area contributed by atoms with Crippen LogP contribution in [0.2, 0.25) is 0 Å². The van der Waals surface area contributed by atoms with Crippen molar-refractivity contribution < 1.29 is 18.3 Å². The lowest BCUT2D eigenvalue weighted by atomic mass is 9.86. The van der Waals surface area contributed by atoms with E-state index in [-0.39, 0.29) is 28.0 Å². The van der Waals surface area contributed by atoms with Crippen LogP contribution in [0, 0.1) is 5.41 Å². The highest BCUT2D eigenvalue weighted by molar-refractivity contribution is 7.89. The number of carbonyl (C=O) groups is 1. The van der Waals surface area contributed by atoms with Crippen molar-refractivity contribution in [3.8, 4) is 0 Å². The van der Waals surface area contributed by atoms with Crippen LogP contribution < -0.4 is 10.5 Å². The Morgan fingerprint density at radius 3 is 2.21 bits per heavy atom. The van der Waals surface area contributed by atoms with Gasteiger partial charge in [-0.05, 0) is 42.8 Å². The molecule has 8 heteroatoms. The van der Waals surface area contributed by atoms with Gasteiger partial charge in [0.05, 0.1) is 4.90 Å². The van der Waals surface area contributed by atoms with Gasteiger partial charge in [0.1, 0.15) is 0 Å². The topological polar surface area (TPSA) is 113 Å². The van der Waals surface area contributed by atoms with Crippen LogP contribution in [0.25, 0.3) is 0 Å². The molecule has 0 radical (unpaired) electrons. The molecule has 2 aromatic rings. The standard InChI is InChI=1S/C21H29N3O4S/c1-20(2,15-24(3)4)14-23-29(27,28)18-12-8-11-17(13-18)21(26,19(22)25)16-9-6-5-7-10-16/h5-13,23,26H,14-15H2,1-4H3,(H2,22,25). The summed E-state index contributed by atoms with van der Waals surface area (Å²) in [6.45, 7) is 4.86. The molecule has 0 aliphatic rings. The van der Waals surface area contributed by atoms with E-state index in [9.17, 15) is 18.3 Å². The normalized spacial score (nSPS) is 14.6. The monoisotopic (exact) mass is 419 g/mol. The van der Waals surface area contributed by atoms with Gasteiger partial charge in [0, 0.05) is 13.1 Å². The molecule has 7 nitrogen and oxygen atoms in total. The fraction of sp³-hybridized carbons (Fsp3) is 0.381. The van der Waals surface area contributed by atoms with E-state index in [2.05, 4.69) is 4.72 Å². The van der Waals surface area contributed by atoms with Gasteiger partial charge in [-0.3, -0.25) is 4.79 Å². The molecule has 0 heterocycles. The number of nitrogens with two attached hydrogens (primary N) is 1. The molecule has 0 fully saturated rings. The zero-order chi connectivity index (χ0) is 21.9. The van der Waals surface area contributed by atoms with Crippen LogP contribution in [0.4, 0.5) is 0 Å². The van der Waals surface area contributed by atoms with Gasteiger partial charge in [0.15, 0.2) is 5.60 Å². The highest BCUT2D eigenvalue weighted by Crippen LogP contribution is 2.30. The summed E-state index contributed by atoms with van der Waals surface area (Å²) in [7, 11) is -0.00253. The number of benzene rings is 2. The first kappa shape index (κ1) is 23.0. The third-order valence-corrected chi connectivity index (χ3v) is 5.99. The number of hydrogen-bond acceptors (Lipinski definition) is 5. The van der Waals surface area contributed by atoms with Crippen LogP contribution in [0.15, 0.2) is 59.5 Å². The smallest absolute Gasteiger partial charge is 0.258 e. The lowest BCUT2D eigenvalue weighted by Crippen LogP contribution is -2.42. The van der Waals surface area contributed by atoms with Gasteiger partial charge >= 0.3 is 0 Å². The number of aliphatic hydroxyl groups is 1. The highest BCUT2D eigenvalue weighted by Gasteiger charge is 2.38. The van der Waals surface area contributed by atoms with E-state index >= 15 is 0 Å². The Balaban J connectivity index is 2.38. The molecular formula is C21H29N3O4S. The minimum absolute atomic E-state index is 0.0498. The lowest BCUT2D eigenvalue weighted by molar-refractivity contribution is -0.133. The first-order valence-corrected chi connectivity index (χ1v) is 10.7. The number of carbonyl (C=O) groups excluding carboxylic acids is 1. The summed E-state index contributed by atoms with van der Waals surface area (Å²) in [5.74, 6) is -0.988. The SMILES string of the molecule is CN(C)CC(C)(C)CNS(=O)(=O)c1cccc(C(O)(C(N)=O)c2ccccc2)c1. The van der Waals surface area contributed by atoms with Crippen molar-refractivity contribution in [3.63, 3.8) is 0 Å². The van der Waals surface area contributed by atoms with Crippen LogP contribution in [0.5, 0.6) is 0 Å². The number of rotatable bonds is 9. The fourth-order valence-electron chi connectivity index (χ4n) is 3.30. The molecule has 1 unspecified atom stereocenters. The molecule has 1 atom stereocenters. The molecule has 158 valence electrons. The Morgan fingerprint density at radius 1 is 1.07 bits per heavy atom. The van der Waals surface area contributed by atoms with Gasteiger partial charge in [-0.15, -0.1) is 0 Å². The summed E-state index contributed by atoms with van der Waals surface area (Å²) in [6.07, 6.45) is 0. The third-order valence-electron chi connectivity index (χ3n) is 4.60. The minimum atomic E-state index is -3.85. The van der Waals surface area contributed by atoms with Crippen molar-refractivity contribution in [2.75, 3.05) is 27.2 Å². The molecule has 2 aromatic carbocycles. The second kappa shape index (κ2) is 8.62. The maximum Gasteiger partial charge on any atom is 0.258 e. The molecule has 0 spiro atoms. The quantitative estimate of drug-likeness (QED) is 0.567. The molecule has 0 bridgehead atoms. The first-order valence-electron chi connectivity index (χ1n) is 9.21. The van der Waals surface area contributed by atoms with E-state index in [4.69, 9.17) is 5.73 Å². The second-order valence-electron chi connectivity index (χ2n) is 8.20. The average Bonchev–Trinajstić information content (AvgIpc) is 2.65. The first-order chi connectivity index (χ1) is 13.4. The van der Waals surface area contributed by atoms with Crippen LogP contribution in [0.3, 0.4) is 0 Å². The lowest BCUT2D eigenvalue weighted by Gasteiger charge is -2.28. The molecule has 4 N–H and O–H groups in total. The summed E-state index contributed by atoms with van der Waals surface area (Å²) in [4.78, 5) is 14.1. The van der Waals surface area contributed by atoms with Crippen LogP contribution in [-0.4, -0.2) is 51.5 Å². The van der Waals surface area contributed by atoms with Gasteiger partial charge in [0.25, 0.3) is 5.91 Å². The summed E-state index contributed by atoms with van der Waals surface area (Å²) >= 11 is 0. The van der Waals surface area contributed by atoms with Crippen molar-refractivity contribution in [1.82, 2.24) is 9.62 Å². The van der Waals surface area contributed by atoms with E-state index in [0.717, 1.165) is 0 Å². The summed E-state index contributed by atoms with van der Waals surface area (Å²) < 4.78 is 28.3. The minimum Gasteiger partial charge on any atom is -0.372 e. The Morgan fingerprint density at radius 2 is 1.66 bits per heavy atom. The van der Waals surface area contributed by atoms with Gasteiger partial charge < -0.3 is 15.7 Å².